The summed E-state index contributed by atoms with van der Waals surface area (Å²) < 4.78 is 5.41. The fourth-order valence-corrected chi connectivity index (χ4v) is 3.35. The quantitative estimate of drug-likeness (QED) is 0.921. The Hall–Kier alpha value is -1.72. The third-order valence-electron chi connectivity index (χ3n) is 3.79. The summed E-state index contributed by atoms with van der Waals surface area (Å²) >= 11 is 1.58. The van der Waals surface area contributed by atoms with Crippen LogP contribution < -0.4 is 5.32 Å². The SMILES string of the molecule is O=C(CC1CCCOC1)NCc1nc(-c2ccccc2)cs1. The highest BCUT2D eigenvalue weighted by molar-refractivity contribution is 7.09. The van der Waals surface area contributed by atoms with Crippen LogP contribution in [0, 0.1) is 5.92 Å². The molecule has 116 valence electrons. The standard InChI is InChI=1S/C17H20N2O2S/c20-16(9-13-5-4-8-21-11-13)18-10-17-19-15(12-22-17)14-6-2-1-3-7-14/h1-3,6-7,12-13H,4-5,8-11H2,(H,18,20). The molecule has 0 spiro atoms. The maximum atomic E-state index is 12.0. The Labute approximate surface area is 134 Å². The lowest BCUT2D eigenvalue weighted by Crippen LogP contribution is -2.28. The summed E-state index contributed by atoms with van der Waals surface area (Å²) in [4.78, 5) is 16.5. The van der Waals surface area contributed by atoms with E-state index >= 15 is 0 Å². The summed E-state index contributed by atoms with van der Waals surface area (Å²) in [6.45, 7) is 2.05. The zero-order chi connectivity index (χ0) is 15.2. The minimum Gasteiger partial charge on any atom is -0.381 e. The molecule has 1 aliphatic rings. The summed E-state index contributed by atoms with van der Waals surface area (Å²) in [5.41, 5.74) is 2.08. The van der Waals surface area contributed by atoms with Crippen LogP contribution in [0.1, 0.15) is 24.3 Å². The van der Waals surface area contributed by atoms with E-state index in [0.29, 0.717) is 25.5 Å². The highest BCUT2D eigenvalue weighted by atomic mass is 32.1. The Kier molecular flexibility index (Phi) is 5.19. The Balaban J connectivity index is 1.49. The lowest BCUT2D eigenvalue weighted by atomic mass is 9.98. The molecule has 1 N–H and O–H groups in total. The molecule has 1 amide bonds. The normalized spacial score (nSPS) is 18.1. The number of aromatic nitrogens is 1. The van der Waals surface area contributed by atoms with Crippen molar-refractivity contribution in [2.45, 2.75) is 25.8 Å². The van der Waals surface area contributed by atoms with Crippen molar-refractivity contribution in [2.24, 2.45) is 5.92 Å². The molecule has 1 unspecified atom stereocenters. The van der Waals surface area contributed by atoms with Gasteiger partial charge in [-0.25, -0.2) is 4.98 Å². The van der Waals surface area contributed by atoms with Gasteiger partial charge in [-0.15, -0.1) is 11.3 Å². The molecule has 3 rings (SSSR count). The molecule has 0 aliphatic carbocycles. The molecule has 1 aromatic carbocycles. The Bertz CT molecular complexity index is 606. The van der Waals surface area contributed by atoms with Crippen LogP contribution in [0.3, 0.4) is 0 Å². The lowest BCUT2D eigenvalue weighted by molar-refractivity contribution is -0.123. The van der Waals surface area contributed by atoms with Crippen molar-refractivity contribution < 1.29 is 9.53 Å². The van der Waals surface area contributed by atoms with Gasteiger partial charge in [0.05, 0.1) is 12.2 Å². The van der Waals surface area contributed by atoms with Crippen molar-refractivity contribution in [1.82, 2.24) is 10.3 Å². The first-order valence-electron chi connectivity index (χ1n) is 7.65. The average molecular weight is 316 g/mol. The van der Waals surface area contributed by atoms with Gasteiger partial charge in [0.15, 0.2) is 0 Å². The fraction of sp³-hybridized carbons (Fsp3) is 0.412. The number of rotatable bonds is 5. The number of benzene rings is 1. The first-order valence-corrected chi connectivity index (χ1v) is 8.53. The van der Waals surface area contributed by atoms with Crippen molar-refractivity contribution >= 4 is 17.2 Å². The van der Waals surface area contributed by atoms with Gasteiger partial charge in [-0.3, -0.25) is 4.79 Å². The van der Waals surface area contributed by atoms with Gasteiger partial charge >= 0.3 is 0 Å². The number of ether oxygens (including phenoxy) is 1. The Morgan fingerprint density at radius 2 is 2.23 bits per heavy atom. The molecule has 1 aromatic heterocycles. The zero-order valence-electron chi connectivity index (χ0n) is 12.5. The maximum absolute atomic E-state index is 12.0. The van der Waals surface area contributed by atoms with Gasteiger partial charge in [0.1, 0.15) is 5.01 Å². The molecule has 0 saturated carbocycles. The summed E-state index contributed by atoms with van der Waals surface area (Å²) in [6, 6.07) is 10.1. The van der Waals surface area contributed by atoms with Crippen LogP contribution in [-0.2, 0) is 16.1 Å². The molecular weight excluding hydrogens is 296 g/mol. The molecule has 4 nitrogen and oxygen atoms in total. The van der Waals surface area contributed by atoms with Crippen LogP contribution in [-0.4, -0.2) is 24.1 Å². The van der Waals surface area contributed by atoms with Crippen LogP contribution in [0.4, 0.5) is 0 Å². The highest BCUT2D eigenvalue weighted by Gasteiger charge is 2.17. The van der Waals surface area contributed by atoms with E-state index in [1.807, 2.05) is 35.7 Å². The third-order valence-corrected chi connectivity index (χ3v) is 4.64. The molecule has 1 fully saturated rings. The van der Waals surface area contributed by atoms with Crippen LogP contribution >= 0.6 is 11.3 Å². The second-order valence-electron chi connectivity index (χ2n) is 5.56. The lowest BCUT2D eigenvalue weighted by Gasteiger charge is -2.21. The maximum Gasteiger partial charge on any atom is 0.220 e. The highest BCUT2D eigenvalue weighted by Crippen LogP contribution is 2.21. The molecule has 0 bridgehead atoms. The molecule has 22 heavy (non-hydrogen) atoms. The largest absolute Gasteiger partial charge is 0.381 e. The van der Waals surface area contributed by atoms with Crippen LogP contribution in [0.15, 0.2) is 35.7 Å². The fourth-order valence-electron chi connectivity index (χ4n) is 2.61. The first kappa shape index (κ1) is 15.2. The monoisotopic (exact) mass is 316 g/mol. The van der Waals surface area contributed by atoms with Crippen molar-refractivity contribution in [3.63, 3.8) is 0 Å². The molecule has 1 aliphatic heterocycles. The Morgan fingerprint density at radius 1 is 1.36 bits per heavy atom. The van der Waals surface area contributed by atoms with Crippen molar-refractivity contribution in [3.8, 4) is 11.3 Å². The predicted octanol–water partition coefficient (Wildman–Crippen LogP) is 3.24. The molecule has 1 saturated heterocycles. The molecule has 0 radical (unpaired) electrons. The first-order chi connectivity index (χ1) is 10.8. The average Bonchev–Trinajstić information content (AvgIpc) is 3.04. The molecule has 5 heteroatoms. The van der Waals surface area contributed by atoms with E-state index < -0.39 is 0 Å². The number of nitrogens with zero attached hydrogens (tertiary/aromatic N) is 1. The second-order valence-corrected chi connectivity index (χ2v) is 6.50. The van der Waals surface area contributed by atoms with E-state index in [4.69, 9.17) is 4.74 Å². The summed E-state index contributed by atoms with van der Waals surface area (Å²) in [5.74, 6) is 0.455. The summed E-state index contributed by atoms with van der Waals surface area (Å²) in [7, 11) is 0. The smallest absolute Gasteiger partial charge is 0.220 e. The van der Waals surface area contributed by atoms with Crippen LogP contribution in [0.2, 0.25) is 0 Å². The van der Waals surface area contributed by atoms with E-state index in [1.54, 1.807) is 11.3 Å². The van der Waals surface area contributed by atoms with E-state index in [1.165, 1.54) is 0 Å². The van der Waals surface area contributed by atoms with E-state index in [9.17, 15) is 4.79 Å². The predicted molar refractivity (Wildman–Crippen MR) is 87.6 cm³/mol. The second kappa shape index (κ2) is 7.51. The zero-order valence-corrected chi connectivity index (χ0v) is 13.3. The van der Waals surface area contributed by atoms with Crippen LogP contribution in [0.5, 0.6) is 0 Å². The number of hydrogen-bond donors (Lipinski definition) is 1. The molecule has 2 heterocycles. The number of nitrogens with one attached hydrogen (secondary N) is 1. The van der Waals surface area contributed by atoms with Gasteiger partial charge in [0.2, 0.25) is 5.91 Å². The van der Waals surface area contributed by atoms with Crippen molar-refractivity contribution in [3.05, 3.63) is 40.7 Å². The van der Waals surface area contributed by atoms with Crippen molar-refractivity contribution in [2.75, 3.05) is 13.2 Å². The molecule has 2 aromatic rings. The number of carbonyl (C=O) groups excluding carboxylic acids is 1. The van der Waals surface area contributed by atoms with Crippen LogP contribution in [0.25, 0.3) is 11.3 Å². The Morgan fingerprint density at radius 3 is 3.00 bits per heavy atom. The molecule has 1 atom stereocenters. The van der Waals surface area contributed by atoms with Gasteiger partial charge in [-0.05, 0) is 18.8 Å². The number of carbonyl (C=O) groups is 1. The number of hydrogen-bond acceptors (Lipinski definition) is 4. The van der Waals surface area contributed by atoms with E-state index in [-0.39, 0.29) is 5.91 Å². The minimum absolute atomic E-state index is 0.0898. The topological polar surface area (TPSA) is 51.2 Å². The molecular formula is C17H20N2O2S. The van der Waals surface area contributed by atoms with E-state index in [0.717, 1.165) is 35.7 Å². The van der Waals surface area contributed by atoms with Gasteiger partial charge in [0, 0.05) is 30.6 Å². The minimum atomic E-state index is 0.0898. The number of thiazole rings is 1. The van der Waals surface area contributed by atoms with Crippen molar-refractivity contribution in [1.29, 1.82) is 0 Å². The summed E-state index contributed by atoms with van der Waals surface area (Å²) in [5, 5.41) is 5.94. The van der Waals surface area contributed by atoms with Gasteiger partial charge in [-0.2, -0.15) is 0 Å². The van der Waals surface area contributed by atoms with Gasteiger partial charge < -0.3 is 10.1 Å². The summed E-state index contributed by atoms with van der Waals surface area (Å²) in [6.07, 6.45) is 2.70. The number of amides is 1. The van der Waals surface area contributed by atoms with E-state index in [2.05, 4.69) is 10.3 Å². The third kappa shape index (κ3) is 4.15. The van der Waals surface area contributed by atoms with Gasteiger partial charge in [0.25, 0.3) is 0 Å². The van der Waals surface area contributed by atoms with Gasteiger partial charge in [-0.1, -0.05) is 30.3 Å².